The first-order chi connectivity index (χ1) is 18.4. The highest BCUT2D eigenvalue weighted by atomic mass is 35.5. The van der Waals surface area contributed by atoms with Crippen molar-refractivity contribution in [2.75, 3.05) is 23.7 Å². The molecular weight excluding hydrogens is 534 g/mol. The highest BCUT2D eigenvalue weighted by Gasteiger charge is 2.33. The van der Waals surface area contributed by atoms with Crippen molar-refractivity contribution in [2.24, 2.45) is 5.92 Å². The molecule has 0 saturated heterocycles. The van der Waals surface area contributed by atoms with Crippen molar-refractivity contribution in [3.05, 3.63) is 101 Å². The molecule has 0 aliphatic rings. The number of nitrogens with one attached hydrogen (secondary N) is 1. The number of rotatable bonds is 12. The van der Waals surface area contributed by atoms with Crippen LogP contribution in [-0.4, -0.2) is 50.5 Å². The lowest BCUT2D eigenvalue weighted by Gasteiger charge is -2.33. The van der Waals surface area contributed by atoms with Crippen LogP contribution in [0.4, 0.5) is 5.69 Å². The fourth-order valence-electron chi connectivity index (χ4n) is 4.09. The van der Waals surface area contributed by atoms with Gasteiger partial charge < -0.3 is 10.2 Å². The predicted octanol–water partition coefficient (Wildman–Crippen LogP) is 4.83. The van der Waals surface area contributed by atoms with E-state index in [1.165, 1.54) is 4.90 Å². The second-order valence-electron chi connectivity index (χ2n) is 10.1. The van der Waals surface area contributed by atoms with Crippen LogP contribution in [0.25, 0.3) is 0 Å². The van der Waals surface area contributed by atoms with E-state index in [1.54, 1.807) is 24.3 Å². The van der Waals surface area contributed by atoms with Crippen LogP contribution < -0.4 is 9.62 Å². The summed E-state index contributed by atoms with van der Waals surface area (Å²) in [7, 11) is -3.82. The lowest BCUT2D eigenvalue weighted by Crippen LogP contribution is -2.53. The van der Waals surface area contributed by atoms with Crippen LogP contribution in [0.3, 0.4) is 0 Å². The van der Waals surface area contributed by atoms with Crippen LogP contribution in [0.15, 0.2) is 78.9 Å². The molecule has 9 heteroatoms. The van der Waals surface area contributed by atoms with E-state index in [-0.39, 0.29) is 24.8 Å². The summed E-state index contributed by atoms with van der Waals surface area (Å²) >= 11 is 6.01. The van der Waals surface area contributed by atoms with Gasteiger partial charge in [0.25, 0.3) is 0 Å². The highest BCUT2D eigenvalue weighted by molar-refractivity contribution is 7.92. The first-order valence-electron chi connectivity index (χ1n) is 12.8. The number of benzene rings is 3. The van der Waals surface area contributed by atoms with Gasteiger partial charge in [-0.3, -0.25) is 13.9 Å². The number of anilines is 1. The van der Waals surface area contributed by atoms with Crippen LogP contribution in [0.5, 0.6) is 0 Å². The van der Waals surface area contributed by atoms with E-state index in [2.05, 4.69) is 5.32 Å². The normalized spacial score (nSPS) is 12.2. The van der Waals surface area contributed by atoms with Crippen LogP contribution in [0.1, 0.15) is 30.5 Å². The number of aryl methyl sites for hydroxylation is 1. The molecule has 3 aromatic rings. The molecule has 0 fully saturated rings. The number of halogens is 1. The molecule has 39 heavy (non-hydrogen) atoms. The zero-order valence-corrected chi connectivity index (χ0v) is 24.4. The van der Waals surface area contributed by atoms with E-state index >= 15 is 0 Å². The highest BCUT2D eigenvalue weighted by Crippen LogP contribution is 2.22. The molecule has 3 rings (SSSR count). The minimum atomic E-state index is -3.82. The summed E-state index contributed by atoms with van der Waals surface area (Å²) in [5.74, 6) is -0.555. The predicted molar refractivity (Wildman–Crippen MR) is 157 cm³/mol. The summed E-state index contributed by atoms with van der Waals surface area (Å²) in [6, 6.07) is 22.6. The molecule has 1 N–H and O–H groups in total. The van der Waals surface area contributed by atoms with Gasteiger partial charge in [-0.2, -0.15) is 0 Å². The Morgan fingerprint density at radius 3 is 2.08 bits per heavy atom. The van der Waals surface area contributed by atoms with Gasteiger partial charge >= 0.3 is 0 Å². The summed E-state index contributed by atoms with van der Waals surface area (Å²) in [6.07, 6.45) is 1.33. The molecule has 0 unspecified atom stereocenters. The zero-order valence-electron chi connectivity index (χ0n) is 22.8. The summed E-state index contributed by atoms with van der Waals surface area (Å²) in [5.41, 5.74) is 3.11. The van der Waals surface area contributed by atoms with Crippen molar-refractivity contribution < 1.29 is 18.0 Å². The number of hydrogen-bond donors (Lipinski definition) is 1. The van der Waals surface area contributed by atoms with Crippen LogP contribution >= 0.6 is 11.6 Å². The SMILES string of the molecule is Cc1ccc(CN(C(=O)CN(c2ccc(Cl)cc2)S(C)(=O)=O)[C@H](Cc2ccccc2)C(=O)NCC(C)C)cc1. The second-order valence-corrected chi connectivity index (χ2v) is 12.4. The Balaban J connectivity index is 2.03. The van der Waals surface area contributed by atoms with Gasteiger partial charge in [-0.15, -0.1) is 0 Å². The Hall–Kier alpha value is -3.36. The molecule has 0 radical (unpaired) electrons. The van der Waals surface area contributed by atoms with E-state index in [0.29, 0.717) is 17.3 Å². The molecule has 0 aromatic heterocycles. The Labute approximate surface area is 236 Å². The Kier molecular flexibility index (Phi) is 10.5. The molecule has 208 valence electrons. The van der Waals surface area contributed by atoms with Gasteiger partial charge in [0.15, 0.2) is 0 Å². The Morgan fingerprint density at radius 1 is 0.897 bits per heavy atom. The maximum Gasteiger partial charge on any atom is 0.244 e. The van der Waals surface area contributed by atoms with Crippen LogP contribution in [0, 0.1) is 12.8 Å². The molecule has 0 heterocycles. The van der Waals surface area contributed by atoms with Gasteiger partial charge in [0.2, 0.25) is 21.8 Å². The van der Waals surface area contributed by atoms with Gasteiger partial charge in [0.05, 0.1) is 11.9 Å². The molecule has 1 atom stereocenters. The van der Waals surface area contributed by atoms with E-state index < -0.39 is 28.5 Å². The third-order valence-electron chi connectivity index (χ3n) is 6.22. The molecule has 3 aromatic carbocycles. The fourth-order valence-corrected chi connectivity index (χ4v) is 5.06. The number of amides is 2. The molecule has 0 bridgehead atoms. The monoisotopic (exact) mass is 569 g/mol. The third kappa shape index (κ3) is 9.11. The smallest absolute Gasteiger partial charge is 0.244 e. The zero-order chi connectivity index (χ0) is 28.6. The second kappa shape index (κ2) is 13.6. The molecule has 2 amide bonds. The maximum atomic E-state index is 14.0. The average Bonchev–Trinajstić information content (AvgIpc) is 2.89. The number of carbonyl (C=O) groups is 2. The summed E-state index contributed by atoms with van der Waals surface area (Å²) in [5, 5.41) is 3.42. The summed E-state index contributed by atoms with van der Waals surface area (Å²) in [4.78, 5) is 29.1. The third-order valence-corrected chi connectivity index (χ3v) is 7.62. The largest absolute Gasteiger partial charge is 0.354 e. The molecule has 7 nitrogen and oxygen atoms in total. The molecular formula is C30H36ClN3O4S. The first-order valence-corrected chi connectivity index (χ1v) is 15.1. The van der Waals surface area contributed by atoms with E-state index in [9.17, 15) is 18.0 Å². The number of carbonyl (C=O) groups excluding carboxylic acids is 2. The van der Waals surface area contributed by atoms with E-state index in [0.717, 1.165) is 27.3 Å². The number of hydrogen-bond acceptors (Lipinski definition) is 4. The lowest BCUT2D eigenvalue weighted by atomic mass is 10.0. The van der Waals surface area contributed by atoms with Crippen LogP contribution in [0.2, 0.25) is 5.02 Å². The van der Waals surface area contributed by atoms with Crippen molar-refractivity contribution in [2.45, 2.75) is 39.8 Å². The van der Waals surface area contributed by atoms with Gasteiger partial charge in [0, 0.05) is 24.5 Å². The Morgan fingerprint density at radius 2 is 1.51 bits per heavy atom. The van der Waals surface area contributed by atoms with Crippen molar-refractivity contribution in [1.29, 1.82) is 0 Å². The van der Waals surface area contributed by atoms with E-state index in [1.807, 2.05) is 75.4 Å². The van der Waals surface area contributed by atoms with Gasteiger partial charge in [0.1, 0.15) is 12.6 Å². The number of sulfonamides is 1. The minimum absolute atomic E-state index is 0.143. The summed E-state index contributed by atoms with van der Waals surface area (Å²) in [6.45, 7) is 6.10. The van der Waals surface area contributed by atoms with Gasteiger partial charge in [-0.1, -0.05) is 85.6 Å². The topological polar surface area (TPSA) is 86.8 Å². The standard InChI is InChI=1S/C30H36ClN3O4S/c1-22(2)19-32-30(36)28(18-24-8-6-5-7-9-24)33(20-25-12-10-23(3)11-13-25)29(35)21-34(39(4,37)38)27-16-14-26(31)15-17-27/h5-17,22,28H,18-21H2,1-4H3,(H,32,36)/t28-/m1/s1. The molecule has 0 spiro atoms. The maximum absolute atomic E-state index is 14.0. The summed E-state index contributed by atoms with van der Waals surface area (Å²) < 4.78 is 26.6. The van der Waals surface area contributed by atoms with Crippen molar-refractivity contribution >= 4 is 39.1 Å². The lowest BCUT2D eigenvalue weighted by molar-refractivity contribution is -0.140. The quantitative estimate of drug-likeness (QED) is 0.338. The minimum Gasteiger partial charge on any atom is -0.354 e. The van der Waals surface area contributed by atoms with Gasteiger partial charge in [-0.05, 0) is 48.2 Å². The van der Waals surface area contributed by atoms with Crippen molar-refractivity contribution in [1.82, 2.24) is 10.2 Å². The van der Waals surface area contributed by atoms with Crippen molar-refractivity contribution in [3.63, 3.8) is 0 Å². The van der Waals surface area contributed by atoms with Gasteiger partial charge in [-0.25, -0.2) is 8.42 Å². The van der Waals surface area contributed by atoms with Crippen LogP contribution in [-0.2, 0) is 32.6 Å². The van der Waals surface area contributed by atoms with Crippen molar-refractivity contribution in [3.8, 4) is 0 Å². The first kappa shape index (κ1) is 30.2. The fraction of sp³-hybridized carbons (Fsp3) is 0.333. The molecule has 0 saturated carbocycles. The molecule has 0 aliphatic carbocycles. The molecule has 0 aliphatic heterocycles. The number of nitrogens with zero attached hydrogens (tertiary/aromatic N) is 2. The average molecular weight is 570 g/mol. The van der Waals surface area contributed by atoms with E-state index in [4.69, 9.17) is 11.6 Å². The Bertz CT molecular complexity index is 1350.